The molecule has 0 aliphatic carbocycles. The van der Waals surface area contributed by atoms with E-state index in [0.717, 1.165) is 35.7 Å². The molecule has 0 radical (unpaired) electrons. The first-order chi connectivity index (χ1) is 9.58. The SMILES string of the molecule is CCCC(C)(N)c1ncc(-c2ccccc2OCC)[nH]1. The smallest absolute Gasteiger partial charge is 0.128 e. The molecule has 0 aliphatic heterocycles. The Kier molecular flexibility index (Phi) is 4.45. The standard InChI is InChI=1S/C16H23N3O/c1-4-10-16(3,17)15-18-11-13(19-15)12-8-6-7-9-14(12)20-5-2/h6-9,11H,4-5,10,17H2,1-3H3,(H,18,19). The van der Waals surface area contributed by atoms with Gasteiger partial charge in [0.25, 0.3) is 0 Å². The van der Waals surface area contributed by atoms with Gasteiger partial charge in [0, 0.05) is 5.56 Å². The molecule has 2 rings (SSSR count). The number of imidazole rings is 1. The lowest BCUT2D eigenvalue weighted by molar-refractivity contribution is 0.341. The minimum atomic E-state index is -0.423. The van der Waals surface area contributed by atoms with Gasteiger partial charge >= 0.3 is 0 Å². The fraction of sp³-hybridized carbons (Fsp3) is 0.438. The van der Waals surface area contributed by atoms with Gasteiger partial charge in [-0.15, -0.1) is 0 Å². The number of rotatable bonds is 6. The number of nitrogens with two attached hydrogens (primary N) is 1. The summed E-state index contributed by atoms with van der Waals surface area (Å²) in [5, 5.41) is 0. The van der Waals surface area contributed by atoms with Crippen LogP contribution in [0.1, 0.15) is 39.4 Å². The van der Waals surface area contributed by atoms with Crippen molar-refractivity contribution in [2.45, 2.75) is 39.2 Å². The summed E-state index contributed by atoms with van der Waals surface area (Å²) < 4.78 is 5.65. The molecule has 3 N–H and O–H groups in total. The van der Waals surface area contributed by atoms with E-state index in [1.165, 1.54) is 0 Å². The molecule has 0 amide bonds. The summed E-state index contributed by atoms with van der Waals surface area (Å²) in [6, 6.07) is 7.95. The minimum absolute atomic E-state index is 0.423. The van der Waals surface area contributed by atoms with Crippen molar-refractivity contribution in [1.82, 2.24) is 9.97 Å². The zero-order valence-corrected chi connectivity index (χ0v) is 12.4. The van der Waals surface area contributed by atoms with Crippen LogP contribution in [0.4, 0.5) is 0 Å². The third-order valence-corrected chi connectivity index (χ3v) is 3.36. The summed E-state index contributed by atoms with van der Waals surface area (Å²) in [7, 11) is 0. The van der Waals surface area contributed by atoms with E-state index < -0.39 is 5.54 Å². The van der Waals surface area contributed by atoms with Gasteiger partial charge in [0.2, 0.25) is 0 Å². The van der Waals surface area contributed by atoms with Crippen molar-refractivity contribution in [2.75, 3.05) is 6.61 Å². The van der Waals surface area contributed by atoms with E-state index in [2.05, 4.69) is 16.9 Å². The van der Waals surface area contributed by atoms with Crippen LogP contribution < -0.4 is 10.5 Å². The molecular weight excluding hydrogens is 250 g/mol. The van der Waals surface area contributed by atoms with Gasteiger partial charge in [0.1, 0.15) is 11.6 Å². The predicted molar refractivity (Wildman–Crippen MR) is 81.6 cm³/mol. The number of ether oxygens (including phenoxy) is 1. The molecule has 0 fully saturated rings. The largest absolute Gasteiger partial charge is 0.493 e. The molecule has 20 heavy (non-hydrogen) atoms. The lowest BCUT2D eigenvalue weighted by Crippen LogP contribution is -2.34. The van der Waals surface area contributed by atoms with Gasteiger partial charge in [-0.3, -0.25) is 0 Å². The van der Waals surface area contributed by atoms with Crippen LogP contribution in [0.15, 0.2) is 30.5 Å². The predicted octanol–water partition coefficient (Wildman–Crippen LogP) is 3.45. The van der Waals surface area contributed by atoms with E-state index >= 15 is 0 Å². The maximum absolute atomic E-state index is 6.31. The maximum Gasteiger partial charge on any atom is 0.128 e. The molecule has 0 spiro atoms. The van der Waals surface area contributed by atoms with Crippen LogP contribution in [-0.4, -0.2) is 16.6 Å². The van der Waals surface area contributed by atoms with Crippen LogP contribution >= 0.6 is 0 Å². The van der Waals surface area contributed by atoms with Crippen LogP contribution in [0.2, 0.25) is 0 Å². The van der Waals surface area contributed by atoms with Crippen molar-refractivity contribution in [3.8, 4) is 17.0 Å². The Bertz CT molecular complexity index is 560. The second-order valence-electron chi connectivity index (χ2n) is 5.24. The molecule has 4 heteroatoms. The summed E-state index contributed by atoms with van der Waals surface area (Å²) in [4.78, 5) is 7.79. The quantitative estimate of drug-likeness (QED) is 0.847. The zero-order valence-electron chi connectivity index (χ0n) is 12.4. The van der Waals surface area contributed by atoms with Crippen molar-refractivity contribution in [2.24, 2.45) is 5.73 Å². The van der Waals surface area contributed by atoms with Crippen LogP contribution in [0.3, 0.4) is 0 Å². The van der Waals surface area contributed by atoms with E-state index in [0.29, 0.717) is 6.61 Å². The summed E-state index contributed by atoms with van der Waals surface area (Å²) >= 11 is 0. The first-order valence-corrected chi connectivity index (χ1v) is 7.15. The number of aromatic amines is 1. The highest BCUT2D eigenvalue weighted by molar-refractivity contribution is 5.66. The number of H-pyrrole nitrogens is 1. The molecule has 0 saturated carbocycles. The molecule has 0 saturated heterocycles. The Morgan fingerprint density at radius 3 is 2.75 bits per heavy atom. The van der Waals surface area contributed by atoms with Crippen molar-refractivity contribution in [3.05, 3.63) is 36.3 Å². The summed E-state index contributed by atoms with van der Waals surface area (Å²) in [5.41, 5.74) is 7.84. The molecule has 1 atom stereocenters. The lowest BCUT2D eigenvalue weighted by Gasteiger charge is -2.21. The van der Waals surface area contributed by atoms with Gasteiger partial charge in [0.05, 0.1) is 24.0 Å². The normalized spacial score (nSPS) is 14.0. The number of hydrogen-bond acceptors (Lipinski definition) is 3. The first kappa shape index (κ1) is 14.6. The number of nitrogens with zero attached hydrogens (tertiary/aromatic N) is 1. The van der Waals surface area contributed by atoms with E-state index in [1.807, 2.05) is 44.3 Å². The van der Waals surface area contributed by atoms with Crippen LogP contribution in [0.5, 0.6) is 5.75 Å². The highest BCUT2D eigenvalue weighted by Crippen LogP contribution is 2.30. The zero-order chi connectivity index (χ0) is 14.6. The number of para-hydroxylation sites is 1. The molecule has 108 valence electrons. The molecule has 0 aliphatic rings. The summed E-state index contributed by atoms with van der Waals surface area (Å²) in [5.74, 6) is 1.68. The van der Waals surface area contributed by atoms with E-state index in [4.69, 9.17) is 10.5 Å². The molecule has 1 aromatic carbocycles. The average Bonchev–Trinajstić information content (AvgIpc) is 2.90. The van der Waals surface area contributed by atoms with Crippen molar-refractivity contribution in [1.29, 1.82) is 0 Å². The van der Waals surface area contributed by atoms with Crippen molar-refractivity contribution in [3.63, 3.8) is 0 Å². The van der Waals surface area contributed by atoms with Gasteiger partial charge in [0.15, 0.2) is 0 Å². The topological polar surface area (TPSA) is 63.9 Å². The van der Waals surface area contributed by atoms with Gasteiger partial charge in [-0.25, -0.2) is 4.98 Å². The second kappa shape index (κ2) is 6.09. The Hall–Kier alpha value is -1.81. The van der Waals surface area contributed by atoms with Crippen LogP contribution in [0, 0.1) is 0 Å². The maximum atomic E-state index is 6.31. The molecular formula is C16H23N3O. The number of hydrogen-bond donors (Lipinski definition) is 2. The number of benzene rings is 1. The van der Waals surface area contributed by atoms with Gasteiger partial charge in [-0.1, -0.05) is 25.5 Å². The van der Waals surface area contributed by atoms with E-state index in [-0.39, 0.29) is 0 Å². The Morgan fingerprint density at radius 2 is 2.05 bits per heavy atom. The first-order valence-electron chi connectivity index (χ1n) is 7.15. The fourth-order valence-corrected chi connectivity index (χ4v) is 2.36. The molecule has 2 aromatic rings. The third kappa shape index (κ3) is 3.02. The summed E-state index contributed by atoms with van der Waals surface area (Å²) in [6.45, 7) is 6.75. The monoisotopic (exact) mass is 273 g/mol. The summed E-state index contributed by atoms with van der Waals surface area (Å²) in [6.07, 6.45) is 3.75. The van der Waals surface area contributed by atoms with E-state index in [9.17, 15) is 0 Å². The Balaban J connectivity index is 2.34. The van der Waals surface area contributed by atoms with Crippen LogP contribution in [0.25, 0.3) is 11.3 Å². The Morgan fingerprint density at radius 1 is 1.30 bits per heavy atom. The Labute approximate surface area is 120 Å². The number of nitrogens with one attached hydrogen (secondary N) is 1. The highest BCUT2D eigenvalue weighted by atomic mass is 16.5. The molecule has 1 aromatic heterocycles. The third-order valence-electron chi connectivity index (χ3n) is 3.36. The lowest BCUT2D eigenvalue weighted by atomic mass is 9.97. The fourth-order valence-electron chi connectivity index (χ4n) is 2.36. The molecule has 0 bridgehead atoms. The molecule has 1 unspecified atom stereocenters. The number of aromatic nitrogens is 2. The van der Waals surface area contributed by atoms with Crippen molar-refractivity contribution >= 4 is 0 Å². The van der Waals surface area contributed by atoms with Gasteiger partial charge < -0.3 is 15.5 Å². The average molecular weight is 273 g/mol. The van der Waals surface area contributed by atoms with Gasteiger partial charge in [-0.05, 0) is 32.4 Å². The van der Waals surface area contributed by atoms with Gasteiger partial charge in [-0.2, -0.15) is 0 Å². The van der Waals surface area contributed by atoms with E-state index in [1.54, 1.807) is 0 Å². The molecule has 1 heterocycles. The van der Waals surface area contributed by atoms with Crippen LogP contribution in [-0.2, 0) is 5.54 Å². The minimum Gasteiger partial charge on any atom is -0.493 e. The van der Waals surface area contributed by atoms with Crippen molar-refractivity contribution < 1.29 is 4.74 Å². The highest BCUT2D eigenvalue weighted by Gasteiger charge is 2.24. The second-order valence-corrected chi connectivity index (χ2v) is 5.24. The molecule has 4 nitrogen and oxygen atoms in total.